The Bertz CT molecular complexity index is 613. The van der Waals surface area contributed by atoms with Crippen molar-refractivity contribution in [1.29, 1.82) is 0 Å². The highest BCUT2D eigenvalue weighted by molar-refractivity contribution is 5.78. The van der Waals surface area contributed by atoms with E-state index in [1.54, 1.807) is 0 Å². The fourth-order valence-electron chi connectivity index (χ4n) is 1.96. The first-order chi connectivity index (χ1) is 10.6. The summed E-state index contributed by atoms with van der Waals surface area (Å²) < 4.78 is 10.1. The molecule has 0 aliphatic rings. The smallest absolute Gasteiger partial charge is 0.405 e. The van der Waals surface area contributed by atoms with Crippen molar-refractivity contribution in [3.63, 3.8) is 0 Å². The molecule has 5 nitrogen and oxygen atoms in total. The number of primary amides is 1. The number of rotatable bonds is 6. The molecule has 2 N–H and O–H groups in total. The molecule has 114 valence electrons. The molecule has 0 aliphatic carbocycles. The van der Waals surface area contributed by atoms with E-state index in [0.29, 0.717) is 0 Å². The summed E-state index contributed by atoms with van der Waals surface area (Å²) in [6, 6.07) is 18.5. The number of amides is 1. The SMILES string of the molecule is NC(=O)O[C@@H](Cc1ccccc1)C(=O)OCc1ccccc1. The Morgan fingerprint density at radius 3 is 2.00 bits per heavy atom. The lowest BCUT2D eigenvalue weighted by Gasteiger charge is -2.15. The zero-order valence-electron chi connectivity index (χ0n) is 12.0. The number of carbonyl (C=O) groups excluding carboxylic acids is 2. The molecule has 2 aromatic carbocycles. The predicted octanol–water partition coefficient (Wildman–Crippen LogP) is 2.44. The van der Waals surface area contributed by atoms with Crippen LogP contribution in [0.1, 0.15) is 11.1 Å². The average Bonchev–Trinajstić information content (AvgIpc) is 2.53. The van der Waals surface area contributed by atoms with Crippen LogP contribution >= 0.6 is 0 Å². The number of ether oxygens (including phenoxy) is 2. The molecule has 0 unspecified atom stereocenters. The van der Waals surface area contributed by atoms with E-state index in [-0.39, 0.29) is 13.0 Å². The van der Waals surface area contributed by atoms with E-state index in [0.717, 1.165) is 11.1 Å². The molecule has 0 saturated heterocycles. The number of hydrogen-bond acceptors (Lipinski definition) is 4. The van der Waals surface area contributed by atoms with Crippen LogP contribution in [0.3, 0.4) is 0 Å². The van der Waals surface area contributed by atoms with Gasteiger partial charge in [0, 0.05) is 6.42 Å². The standard InChI is InChI=1S/C17H17NO4/c18-17(20)22-15(11-13-7-3-1-4-8-13)16(19)21-12-14-9-5-2-6-10-14/h1-10,15H,11-12H2,(H2,18,20)/t15-/m0/s1. The van der Waals surface area contributed by atoms with Gasteiger partial charge in [0.15, 0.2) is 0 Å². The summed E-state index contributed by atoms with van der Waals surface area (Å²) in [7, 11) is 0. The van der Waals surface area contributed by atoms with E-state index in [2.05, 4.69) is 0 Å². The fraction of sp³-hybridized carbons (Fsp3) is 0.176. The Morgan fingerprint density at radius 1 is 0.909 bits per heavy atom. The lowest BCUT2D eigenvalue weighted by atomic mass is 10.1. The maximum absolute atomic E-state index is 12.1. The normalized spacial score (nSPS) is 11.5. The van der Waals surface area contributed by atoms with Gasteiger partial charge in [-0.2, -0.15) is 0 Å². The molecule has 1 atom stereocenters. The minimum absolute atomic E-state index is 0.118. The minimum Gasteiger partial charge on any atom is -0.458 e. The van der Waals surface area contributed by atoms with Crippen LogP contribution in [0.4, 0.5) is 4.79 Å². The number of nitrogens with two attached hydrogens (primary N) is 1. The van der Waals surface area contributed by atoms with Crippen molar-refractivity contribution in [3.05, 3.63) is 71.8 Å². The van der Waals surface area contributed by atoms with Crippen LogP contribution in [0.5, 0.6) is 0 Å². The molecule has 0 bridgehead atoms. The van der Waals surface area contributed by atoms with Gasteiger partial charge in [0.05, 0.1) is 0 Å². The Balaban J connectivity index is 1.98. The number of carbonyl (C=O) groups is 2. The zero-order valence-corrected chi connectivity index (χ0v) is 12.0. The molecule has 0 fully saturated rings. The third-order valence-corrected chi connectivity index (χ3v) is 3.01. The van der Waals surface area contributed by atoms with Gasteiger partial charge in [0.2, 0.25) is 6.10 Å². The summed E-state index contributed by atoms with van der Waals surface area (Å²) >= 11 is 0. The van der Waals surface area contributed by atoms with Crippen LogP contribution in [-0.4, -0.2) is 18.2 Å². The molecule has 2 aromatic rings. The molecule has 2 rings (SSSR count). The van der Waals surface area contributed by atoms with Crippen molar-refractivity contribution >= 4 is 12.1 Å². The van der Waals surface area contributed by atoms with E-state index in [4.69, 9.17) is 15.2 Å². The summed E-state index contributed by atoms with van der Waals surface area (Å²) in [5, 5.41) is 0. The molecule has 1 amide bonds. The second-order valence-electron chi connectivity index (χ2n) is 4.71. The first-order valence-corrected chi connectivity index (χ1v) is 6.85. The van der Waals surface area contributed by atoms with Crippen molar-refractivity contribution in [2.24, 2.45) is 5.73 Å². The summed E-state index contributed by atoms with van der Waals surface area (Å²) in [4.78, 5) is 23.1. The van der Waals surface area contributed by atoms with E-state index in [1.807, 2.05) is 60.7 Å². The number of esters is 1. The van der Waals surface area contributed by atoms with E-state index < -0.39 is 18.2 Å². The number of hydrogen-bond donors (Lipinski definition) is 1. The minimum atomic E-state index is -1.05. The highest BCUT2D eigenvalue weighted by Crippen LogP contribution is 2.09. The van der Waals surface area contributed by atoms with Gasteiger partial charge in [-0.25, -0.2) is 9.59 Å². The van der Waals surface area contributed by atoms with Gasteiger partial charge in [-0.1, -0.05) is 60.7 Å². The molecule has 0 radical (unpaired) electrons. The average molecular weight is 299 g/mol. The van der Waals surface area contributed by atoms with Crippen LogP contribution in [0.2, 0.25) is 0 Å². The zero-order chi connectivity index (χ0) is 15.8. The second-order valence-corrected chi connectivity index (χ2v) is 4.71. The van der Waals surface area contributed by atoms with Gasteiger partial charge in [-0.3, -0.25) is 0 Å². The third-order valence-electron chi connectivity index (χ3n) is 3.01. The Kier molecular flexibility index (Phi) is 5.54. The van der Waals surface area contributed by atoms with Gasteiger partial charge in [-0.05, 0) is 11.1 Å². The first kappa shape index (κ1) is 15.6. The van der Waals surface area contributed by atoms with Crippen molar-refractivity contribution in [1.82, 2.24) is 0 Å². The maximum atomic E-state index is 12.1. The lowest BCUT2D eigenvalue weighted by Crippen LogP contribution is -2.33. The molecular formula is C17H17NO4. The summed E-state index contributed by atoms with van der Waals surface area (Å²) in [6.07, 6.45) is -1.83. The van der Waals surface area contributed by atoms with Gasteiger partial charge >= 0.3 is 12.1 Å². The van der Waals surface area contributed by atoms with Gasteiger partial charge in [0.1, 0.15) is 6.61 Å². The van der Waals surface area contributed by atoms with Gasteiger partial charge < -0.3 is 15.2 Å². The molecule has 5 heteroatoms. The van der Waals surface area contributed by atoms with E-state index >= 15 is 0 Å². The molecule has 0 spiro atoms. The molecule has 22 heavy (non-hydrogen) atoms. The Hall–Kier alpha value is -2.82. The maximum Gasteiger partial charge on any atom is 0.405 e. The Morgan fingerprint density at radius 2 is 1.45 bits per heavy atom. The number of benzene rings is 2. The van der Waals surface area contributed by atoms with E-state index in [9.17, 15) is 9.59 Å². The molecule has 0 aromatic heterocycles. The first-order valence-electron chi connectivity index (χ1n) is 6.85. The van der Waals surface area contributed by atoms with Crippen molar-refractivity contribution in [3.8, 4) is 0 Å². The molecular weight excluding hydrogens is 282 g/mol. The highest BCUT2D eigenvalue weighted by Gasteiger charge is 2.24. The monoisotopic (exact) mass is 299 g/mol. The lowest BCUT2D eigenvalue weighted by molar-refractivity contribution is -0.154. The fourth-order valence-corrected chi connectivity index (χ4v) is 1.96. The summed E-state index contributed by atoms with van der Waals surface area (Å²) in [5.74, 6) is -0.619. The quantitative estimate of drug-likeness (QED) is 0.831. The van der Waals surface area contributed by atoms with Gasteiger partial charge in [-0.15, -0.1) is 0 Å². The van der Waals surface area contributed by atoms with Crippen LogP contribution in [0.15, 0.2) is 60.7 Å². The van der Waals surface area contributed by atoms with Crippen molar-refractivity contribution in [2.75, 3.05) is 0 Å². The second kappa shape index (κ2) is 7.83. The van der Waals surface area contributed by atoms with Crippen LogP contribution < -0.4 is 5.73 Å². The van der Waals surface area contributed by atoms with Crippen LogP contribution in [0, 0.1) is 0 Å². The van der Waals surface area contributed by atoms with Crippen LogP contribution in [-0.2, 0) is 27.3 Å². The van der Waals surface area contributed by atoms with Crippen molar-refractivity contribution < 1.29 is 19.1 Å². The highest BCUT2D eigenvalue weighted by atomic mass is 16.6. The van der Waals surface area contributed by atoms with Gasteiger partial charge in [0.25, 0.3) is 0 Å². The predicted molar refractivity (Wildman–Crippen MR) is 80.8 cm³/mol. The summed E-state index contributed by atoms with van der Waals surface area (Å²) in [5.41, 5.74) is 6.73. The third kappa shape index (κ3) is 4.94. The summed E-state index contributed by atoms with van der Waals surface area (Å²) in [6.45, 7) is 0.118. The molecule has 0 aliphatic heterocycles. The molecule has 0 heterocycles. The topological polar surface area (TPSA) is 78.6 Å². The molecule has 0 saturated carbocycles. The Labute approximate surface area is 128 Å². The largest absolute Gasteiger partial charge is 0.458 e. The van der Waals surface area contributed by atoms with Crippen LogP contribution in [0.25, 0.3) is 0 Å². The van der Waals surface area contributed by atoms with E-state index in [1.165, 1.54) is 0 Å². The van der Waals surface area contributed by atoms with Crippen molar-refractivity contribution in [2.45, 2.75) is 19.1 Å².